The van der Waals surface area contributed by atoms with Crippen LogP contribution in [0.2, 0.25) is 0 Å². The minimum Gasteiger partial charge on any atom is -0.348 e. The second-order valence-corrected chi connectivity index (χ2v) is 8.06. The van der Waals surface area contributed by atoms with Gasteiger partial charge in [-0.25, -0.2) is 8.42 Å². The first kappa shape index (κ1) is 18.0. The van der Waals surface area contributed by atoms with Crippen LogP contribution in [-0.4, -0.2) is 30.6 Å². The van der Waals surface area contributed by atoms with Crippen molar-refractivity contribution in [3.63, 3.8) is 0 Å². The number of aromatic amines is 1. The summed E-state index contributed by atoms with van der Waals surface area (Å²) in [6.07, 6.45) is 0.903. The summed E-state index contributed by atoms with van der Waals surface area (Å²) in [5.41, 5.74) is 0.162. The number of halogens is 1. The van der Waals surface area contributed by atoms with E-state index >= 15 is 0 Å². The van der Waals surface area contributed by atoms with Crippen molar-refractivity contribution in [1.82, 2.24) is 15.5 Å². The second-order valence-electron chi connectivity index (χ2n) is 5.56. The highest BCUT2D eigenvalue weighted by molar-refractivity contribution is 8.13. The molecule has 2 atom stereocenters. The van der Waals surface area contributed by atoms with Crippen molar-refractivity contribution < 1.29 is 13.2 Å². The van der Waals surface area contributed by atoms with Crippen molar-refractivity contribution >= 4 is 25.6 Å². The number of aromatic nitrogens is 2. The van der Waals surface area contributed by atoms with Gasteiger partial charge in [-0.2, -0.15) is 5.10 Å². The van der Waals surface area contributed by atoms with E-state index in [9.17, 15) is 13.2 Å². The number of carbonyl (C=O) groups excluding carboxylic acids is 1. The first-order valence-electron chi connectivity index (χ1n) is 6.93. The molecule has 2 N–H and O–H groups in total. The number of carbonyl (C=O) groups is 1. The predicted molar refractivity (Wildman–Crippen MR) is 82.1 cm³/mol. The molecule has 0 spiro atoms. The molecule has 0 saturated carbocycles. The smallest absolute Gasteiger partial charge is 0.273 e. The van der Waals surface area contributed by atoms with Gasteiger partial charge in [0.15, 0.2) is 5.69 Å². The molecular weight excluding hydrogens is 314 g/mol. The van der Waals surface area contributed by atoms with Gasteiger partial charge in [-0.1, -0.05) is 34.1 Å². The third-order valence-corrected chi connectivity index (χ3v) is 5.00. The Bertz CT molecular complexity index is 610. The lowest BCUT2D eigenvalue weighted by atomic mass is 10.0. The second kappa shape index (κ2) is 6.79. The van der Waals surface area contributed by atoms with Crippen molar-refractivity contribution in [2.75, 3.05) is 0 Å². The summed E-state index contributed by atoms with van der Waals surface area (Å²) in [7, 11) is 1.40. The zero-order valence-corrected chi connectivity index (χ0v) is 14.5. The molecule has 1 heterocycles. The molecule has 120 valence electrons. The largest absolute Gasteiger partial charge is 0.348 e. The normalized spacial score (nSPS) is 15.0. The predicted octanol–water partition coefficient (Wildman–Crippen LogP) is 2.63. The van der Waals surface area contributed by atoms with Crippen LogP contribution < -0.4 is 5.32 Å². The Morgan fingerprint density at radius 1 is 1.33 bits per heavy atom. The first-order chi connectivity index (χ1) is 9.59. The molecule has 1 rings (SSSR count). The van der Waals surface area contributed by atoms with Crippen LogP contribution in [0.3, 0.4) is 0 Å². The summed E-state index contributed by atoms with van der Waals surface area (Å²) in [6, 6.07) is -0.0902. The molecule has 0 aliphatic heterocycles. The van der Waals surface area contributed by atoms with E-state index in [4.69, 9.17) is 10.7 Å². The fourth-order valence-electron chi connectivity index (χ4n) is 1.91. The average molecular weight is 336 g/mol. The molecule has 8 heteroatoms. The Kier molecular flexibility index (Phi) is 5.81. The molecule has 0 radical (unpaired) electrons. The molecule has 1 aromatic heterocycles. The topological polar surface area (TPSA) is 91.9 Å². The summed E-state index contributed by atoms with van der Waals surface area (Å²) >= 11 is 0. The number of amides is 1. The molecule has 1 aromatic rings. The van der Waals surface area contributed by atoms with Crippen LogP contribution in [0.5, 0.6) is 0 Å². The lowest BCUT2D eigenvalue weighted by molar-refractivity contribution is 0.0919. The zero-order chi connectivity index (χ0) is 16.4. The maximum atomic E-state index is 12.3. The van der Waals surface area contributed by atoms with Gasteiger partial charge in [-0.3, -0.25) is 9.89 Å². The summed E-state index contributed by atoms with van der Waals surface area (Å²) in [6.45, 7) is 9.49. The van der Waals surface area contributed by atoms with Crippen LogP contribution in [-0.2, 0) is 9.05 Å². The average Bonchev–Trinajstić information content (AvgIpc) is 2.82. The van der Waals surface area contributed by atoms with Crippen LogP contribution in [0.4, 0.5) is 0 Å². The number of rotatable bonds is 6. The molecule has 2 unspecified atom stereocenters. The molecule has 1 amide bonds. The van der Waals surface area contributed by atoms with Gasteiger partial charge in [-0.15, -0.1) is 0 Å². The number of hydrogen-bond donors (Lipinski definition) is 2. The van der Waals surface area contributed by atoms with Gasteiger partial charge in [0.2, 0.25) is 0 Å². The van der Waals surface area contributed by atoms with Gasteiger partial charge in [0.05, 0.1) is 5.69 Å². The molecule has 0 aliphatic carbocycles. The Hall–Kier alpha value is -1.08. The molecule has 0 aliphatic rings. The van der Waals surface area contributed by atoms with E-state index < -0.39 is 15.0 Å². The number of nitrogens with one attached hydrogen (secondary N) is 2. The zero-order valence-electron chi connectivity index (χ0n) is 12.9. The maximum absolute atomic E-state index is 12.3. The Morgan fingerprint density at radius 2 is 1.90 bits per heavy atom. The van der Waals surface area contributed by atoms with Crippen LogP contribution in [0.1, 0.15) is 63.1 Å². The van der Waals surface area contributed by atoms with Crippen LogP contribution in [0, 0.1) is 5.92 Å². The lowest BCUT2D eigenvalue weighted by Crippen LogP contribution is -2.37. The maximum Gasteiger partial charge on any atom is 0.273 e. The van der Waals surface area contributed by atoms with E-state index in [1.165, 1.54) is 0 Å². The summed E-state index contributed by atoms with van der Waals surface area (Å²) in [4.78, 5) is 12.0. The molecule has 0 saturated heterocycles. The van der Waals surface area contributed by atoms with Crippen LogP contribution in [0.25, 0.3) is 0 Å². The highest BCUT2D eigenvalue weighted by Crippen LogP contribution is 2.27. The minimum atomic E-state index is -4.05. The highest BCUT2D eigenvalue weighted by atomic mass is 35.7. The first-order valence-corrected chi connectivity index (χ1v) is 9.24. The van der Waals surface area contributed by atoms with Gasteiger partial charge >= 0.3 is 0 Å². The monoisotopic (exact) mass is 335 g/mol. The van der Waals surface area contributed by atoms with Crippen molar-refractivity contribution in [2.45, 2.75) is 57.9 Å². The molecule has 0 aromatic carbocycles. The standard InChI is InChI=1S/C13H22ClN3O3S/c1-6-8(4)9(5)15-13(18)11-12(21(14,19)20)10(7(2)3)16-17-11/h7-9H,6H2,1-5H3,(H,15,18)(H,16,17). The van der Waals surface area contributed by atoms with E-state index in [1.54, 1.807) is 13.8 Å². The lowest BCUT2D eigenvalue weighted by Gasteiger charge is -2.19. The quantitative estimate of drug-likeness (QED) is 0.782. The molecule has 0 bridgehead atoms. The van der Waals surface area contributed by atoms with Crippen LogP contribution in [0.15, 0.2) is 4.90 Å². The Labute approximate surface area is 130 Å². The van der Waals surface area contributed by atoms with Crippen molar-refractivity contribution in [3.05, 3.63) is 11.4 Å². The van der Waals surface area contributed by atoms with E-state index in [2.05, 4.69) is 15.5 Å². The van der Waals surface area contributed by atoms with Crippen molar-refractivity contribution in [3.8, 4) is 0 Å². The van der Waals surface area contributed by atoms with Crippen molar-refractivity contribution in [2.24, 2.45) is 5.92 Å². The SMILES string of the molecule is CCC(C)C(C)NC(=O)c1n[nH]c(C(C)C)c1S(=O)(=O)Cl. The van der Waals surface area contributed by atoms with Crippen LogP contribution >= 0.6 is 10.7 Å². The fraction of sp³-hybridized carbons (Fsp3) is 0.692. The number of hydrogen-bond acceptors (Lipinski definition) is 4. The Morgan fingerprint density at radius 3 is 2.33 bits per heavy atom. The third kappa shape index (κ3) is 4.20. The number of H-pyrrole nitrogens is 1. The van der Waals surface area contributed by atoms with Gasteiger partial charge in [-0.05, 0) is 18.8 Å². The van der Waals surface area contributed by atoms with E-state index in [-0.39, 0.29) is 28.5 Å². The number of nitrogens with zero attached hydrogens (tertiary/aromatic N) is 1. The summed E-state index contributed by atoms with van der Waals surface area (Å²) in [5, 5.41) is 9.21. The summed E-state index contributed by atoms with van der Waals surface area (Å²) < 4.78 is 23.5. The minimum absolute atomic E-state index is 0.0902. The van der Waals surface area contributed by atoms with E-state index in [0.29, 0.717) is 5.69 Å². The van der Waals surface area contributed by atoms with Gasteiger partial charge < -0.3 is 5.32 Å². The van der Waals surface area contributed by atoms with E-state index in [0.717, 1.165) is 6.42 Å². The van der Waals surface area contributed by atoms with Crippen molar-refractivity contribution in [1.29, 1.82) is 0 Å². The molecule has 21 heavy (non-hydrogen) atoms. The molecule has 6 nitrogen and oxygen atoms in total. The third-order valence-electron chi connectivity index (χ3n) is 3.64. The van der Waals surface area contributed by atoms with E-state index in [1.807, 2.05) is 20.8 Å². The van der Waals surface area contributed by atoms with Gasteiger partial charge in [0, 0.05) is 16.7 Å². The van der Waals surface area contributed by atoms with Gasteiger partial charge in [0.25, 0.3) is 15.0 Å². The Balaban J connectivity index is 3.17. The highest BCUT2D eigenvalue weighted by Gasteiger charge is 2.30. The summed E-state index contributed by atoms with van der Waals surface area (Å²) in [5.74, 6) is -0.409. The molecule has 0 fully saturated rings. The molecular formula is C13H22ClN3O3S. The fourth-order valence-corrected chi connectivity index (χ4v) is 3.29. The van der Waals surface area contributed by atoms with Gasteiger partial charge in [0.1, 0.15) is 4.90 Å².